The van der Waals surface area contributed by atoms with Crippen LogP contribution >= 0.6 is 0 Å². The van der Waals surface area contributed by atoms with Gasteiger partial charge in [0.25, 0.3) is 0 Å². The Kier molecular flexibility index (Phi) is 3.12. The summed E-state index contributed by atoms with van der Waals surface area (Å²) in [6, 6.07) is 5.55. The Bertz CT molecular complexity index is 444. The monoisotopic (exact) mass is 246 g/mol. The summed E-state index contributed by atoms with van der Waals surface area (Å²) in [7, 11) is 0. The highest BCUT2D eigenvalue weighted by atomic mass is 16.3. The van der Waals surface area contributed by atoms with Crippen molar-refractivity contribution in [2.24, 2.45) is 0 Å². The van der Waals surface area contributed by atoms with Gasteiger partial charge in [0.2, 0.25) is 0 Å². The summed E-state index contributed by atoms with van der Waals surface area (Å²) in [5.41, 5.74) is 3.92. The van der Waals surface area contributed by atoms with E-state index in [2.05, 4.69) is 30.9 Å². The van der Waals surface area contributed by atoms with Crippen molar-refractivity contribution < 1.29 is 5.11 Å². The summed E-state index contributed by atoms with van der Waals surface area (Å²) < 4.78 is 0. The smallest absolute Gasteiger partial charge is 0.0558 e. The maximum Gasteiger partial charge on any atom is 0.0558 e. The van der Waals surface area contributed by atoms with Gasteiger partial charge in [-0.2, -0.15) is 0 Å². The van der Waals surface area contributed by atoms with E-state index < -0.39 is 0 Å². The van der Waals surface area contributed by atoms with Crippen LogP contribution in [0.3, 0.4) is 0 Å². The van der Waals surface area contributed by atoms with Gasteiger partial charge in [0.15, 0.2) is 0 Å². The molecule has 2 bridgehead atoms. The van der Waals surface area contributed by atoms with E-state index in [1.165, 1.54) is 29.8 Å². The van der Waals surface area contributed by atoms with Crippen molar-refractivity contribution in [3.8, 4) is 0 Å². The summed E-state index contributed by atoms with van der Waals surface area (Å²) in [6.07, 6.45) is 3.53. The van der Waals surface area contributed by atoms with E-state index in [0.29, 0.717) is 18.0 Å². The van der Waals surface area contributed by atoms with Crippen LogP contribution in [0.4, 0.5) is 0 Å². The molecule has 18 heavy (non-hydrogen) atoms. The molecule has 3 nitrogen and oxygen atoms in total. The number of rotatable bonds is 3. The van der Waals surface area contributed by atoms with Crippen LogP contribution in [-0.4, -0.2) is 34.2 Å². The first kappa shape index (κ1) is 12.1. The van der Waals surface area contributed by atoms with Gasteiger partial charge in [-0.05, 0) is 30.4 Å². The third-order valence-corrected chi connectivity index (χ3v) is 4.41. The fraction of sp³-hybridized carbons (Fsp3) is 0.667. The van der Waals surface area contributed by atoms with Crippen LogP contribution in [0.5, 0.6) is 0 Å². The molecule has 2 unspecified atom stereocenters. The molecule has 0 radical (unpaired) electrons. The number of nitrogens with zero attached hydrogens (tertiary/aromatic N) is 2. The van der Waals surface area contributed by atoms with Gasteiger partial charge in [-0.3, -0.25) is 9.88 Å². The minimum atomic E-state index is 0.264. The molecule has 3 heteroatoms. The van der Waals surface area contributed by atoms with Crippen LogP contribution in [0.2, 0.25) is 0 Å². The fourth-order valence-electron chi connectivity index (χ4n) is 3.48. The fourth-order valence-corrected chi connectivity index (χ4v) is 3.48. The first-order chi connectivity index (χ1) is 8.70. The molecule has 3 rings (SSSR count). The van der Waals surface area contributed by atoms with E-state index in [1.54, 1.807) is 0 Å². The van der Waals surface area contributed by atoms with Gasteiger partial charge < -0.3 is 5.11 Å². The SMILES string of the molecule is CC(C)c1ccc2c(n1)CC1CCC2N1CCO. The van der Waals surface area contributed by atoms with Crippen LogP contribution in [-0.2, 0) is 6.42 Å². The number of hydrogen-bond donors (Lipinski definition) is 1. The highest BCUT2D eigenvalue weighted by Crippen LogP contribution is 2.42. The van der Waals surface area contributed by atoms with Crippen molar-refractivity contribution in [3.63, 3.8) is 0 Å². The van der Waals surface area contributed by atoms with Crippen molar-refractivity contribution in [3.05, 3.63) is 29.1 Å². The van der Waals surface area contributed by atoms with Crippen molar-refractivity contribution >= 4 is 0 Å². The highest BCUT2D eigenvalue weighted by molar-refractivity contribution is 5.32. The van der Waals surface area contributed by atoms with Crippen LogP contribution in [0.15, 0.2) is 12.1 Å². The first-order valence-electron chi connectivity index (χ1n) is 7.07. The molecule has 0 aliphatic carbocycles. The predicted octanol–water partition coefficient (Wildman–Crippen LogP) is 2.26. The number of aromatic nitrogens is 1. The molecule has 0 saturated carbocycles. The summed E-state index contributed by atoms with van der Waals surface area (Å²) in [5.74, 6) is 0.503. The molecule has 0 spiro atoms. The predicted molar refractivity (Wildman–Crippen MR) is 71.6 cm³/mol. The zero-order valence-corrected chi connectivity index (χ0v) is 11.3. The maximum atomic E-state index is 9.19. The van der Waals surface area contributed by atoms with E-state index in [4.69, 9.17) is 4.98 Å². The Morgan fingerprint density at radius 3 is 2.94 bits per heavy atom. The number of fused-ring (bicyclic) bond motifs is 4. The second kappa shape index (κ2) is 4.63. The Hall–Kier alpha value is -0.930. The van der Waals surface area contributed by atoms with Crippen molar-refractivity contribution in [1.29, 1.82) is 0 Å². The molecule has 1 aromatic heterocycles. The Labute approximate surface area is 109 Å². The molecule has 0 aromatic carbocycles. The molecule has 98 valence electrons. The van der Waals surface area contributed by atoms with Gasteiger partial charge in [-0.15, -0.1) is 0 Å². The average Bonchev–Trinajstić information content (AvgIpc) is 2.64. The van der Waals surface area contributed by atoms with Crippen LogP contribution < -0.4 is 0 Å². The molecule has 2 aliphatic heterocycles. The quantitative estimate of drug-likeness (QED) is 0.888. The molecule has 2 aliphatic rings. The van der Waals surface area contributed by atoms with Crippen LogP contribution in [0.25, 0.3) is 0 Å². The lowest BCUT2D eigenvalue weighted by Gasteiger charge is -2.35. The van der Waals surface area contributed by atoms with Gasteiger partial charge in [-0.25, -0.2) is 0 Å². The van der Waals surface area contributed by atoms with E-state index in [1.807, 2.05) is 0 Å². The van der Waals surface area contributed by atoms with Gasteiger partial charge in [0, 0.05) is 36.4 Å². The topological polar surface area (TPSA) is 36.4 Å². The first-order valence-corrected chi connectivity index (χ1v) is 7.07. The molecule has 1 aromatic rings. The molecule has 1 saturated heterocycles. The minimum Gasteiger partial charge on any atom is -0.395 e. The molecule has 1 fully saturated rings. The summed E-state index contributed by atoms with van der Waals surface area (Å²) in [5, 5.41) is 9.19. The molecule has 0 amide bonds. The summed E-state index contributed by atoms with van der Waals surface area (Å²) in [6.45, 7) is 5.47. The van der Waals surface area contributed by atoms with Crippen LogP contribution in [0, 0.1) is 0 Å². The normalized spacial score (nSPS) is 26.7. The second-order valence-electron chi connectivity index (χ2n) is 5.84. The zero-order valence-electron chi connectivity index (χ0n) is 11.3. The third kappa shape index (κ3) is 1.86. The van der Waals surface area contributed by atoms with E-state index in [-0.39, 0.29) is 6.61 Å². The molecular weight excluding hydrogens is 224 g/mol. The molecule has 2 atom stereocenters. The minimum absolute atomic E-state index is 0.264. The highest BCUT2D eigenvalue weighted by Gasteiger charge is 2.39. The van der Waals surface area contributed by atoms with E-state index in [9.17, 15) is 5.11 Å². The van der Waals surface area contributed by atoms with Crippen molar-refractivity contribution in [2.45, 2.75) is 51.1 Å². The lowest BCUT2D eigenvalue weighted by Crippen LogP contribution is -2.39. The van der Waals surface area contributed by atoms with Crippen LogP contribution in [0.1, 0.15) is 55.6 Å². The molecule has 3 heterocycles. The maximum absolute atomic E-state index is 9.19. The van der Waals surface area contributed by atoms with Gasteiger partial charge in [-0.1, -0.05) is 19.9 Å². The van der Waals surface area contributed by atoms with Crippen molar-refractivity contribution in [2.75, 3.05) is 13.2 Å². The van der Waals surface area contributed by atoms with E-state index >= 15 is 0 Å². The Morgan fingerprint density at radius 2 is 2.22 bits per heavy atom. The van der Waals surface area contributed by atoms with Gasteiger partial charge >= 0.3 is 0 Å². The summed E-state index contributed by atoms with van der Waals surface area (Å²) in [4.78, 5) is 7.33. The standard InChI is InChI=1S/C15H22N2O/c1-10(2)13-5-4-12-14(16-13)9-11-3-6-15(12)17(11)7-8-18/h4-5,10-11,15,18H,3,6-9H2,1-2H3. The zero-order chi connectivity index (χ0) is 12.7. The second-order valence-corrected chi connectivity index (χ2v) is 5.84. The Morgan fingerprint density at radius 1 is 1.39 bits per heavy atom. The Balaban J connectivity index is 1.94. The summed E-state index contributed by atoms with van der Waals surface area (Å²) >= 11 is 0. The van der Waals surface area contributed by atoms with E-state index in [0.717, 1.165) is 13.0 Å². The number of pyridine rings is 1. The van der Waals surface area contributed by atoms with Gasteiger partial charge in [0.1, 0.15) is 0 Å². The lowest BCUT2D eigenvalue weighted by atomic mass is 9.96. The third-order valence-electron chi connectivity index (χ3n) is 4.41. The number of hydrogen-bond acceptors (Lipinski definition) is 3. The lowest BCUT2D eigenvalue weighted by molar-refractivity contribution is 0.134. The van der Waals surface area contributed by atoms with Crippen molar-refractivity contribution in [1.82, 2.24) is 9.88 Å². The average molecular weight is 246 g/mol. The largest absolute Gasteiger partial charge is 0.395 e. The molecular formula is C15H22N2O. The molecule has 1 N–H and O–H groups in total. The van der Waals surface area contributed by atoms with Gasteiger partial charge in [0.05, 0.1) is 6.61 Å². The number of aliphatic hydroxyl groups is 1. The number of aliphatic hydroxyl groups excluding tert-OH is 1.